The van der Waals surface area contributed by atoms with E-state index < -0.39 is 0 Å². The summed E-state index contributed by atoms with van der Waals surface area (Å²) in [5.74, 6) is 0.720. The molecular formula is C19H23NO2S. The van der Waals surface area contributed by atoms with Crippen LogP contribution in [0.25, 0.3) is 0 Å². The van der Waals surface area contributed by atoms with Gasteiger partial charge in [-0.05, 0) is 25.1 Å². The zero-order chi connectivity index (χ0) is 16.8. The third-order valence-electron chi connectivity index (χ3n) is 3.45. The van der Waals surface area contributed by atoms with Crippen LogP contribution in [0.4, 0.5) is 0 Å². The van der Waals surface area contributed by atoms with Crippen molar-refractivity contribution in [3.05, 3.63) is 59.7 Å². The van der Waals surface area contributed by atoms with E-state index in [1.54, 1.807) is 18.9 Å². The topological polar surface area (TPSA) is 38.3 Å². The summed E-state index contributed by atoms with van der Waals surface area (Å²) in [6.07, 6.45) is 0. The maximum absolute atomic E-state index is 12.7. The molecule has 0 fully saturated rings. The first-order valence-electron chi connectivity index (χ1n) is 7.72. The Labute approximate surface area is 142 Å². The average Bonchev–Trinajstić information content (AvgIpc) is 2.54. The van der Waals surface area contributed by atoms with E-state index in [1.165, 1.54) is 0 Å². The van der Waals surface area contributed by atoms with Gasteiger partial charge in [0.25, 0.3) is 5.91 Å². The molecule has 2 aromatic carbocycles. The highest BCUT2D eigenvalue weighted by molar-refractivity contribution is 8.00. The summed E-state index contributed by atoms with van der Waals surface area (Å²) in [5.41, 5.74) is 1.69. The van der Waals surface area contributed by atoms with Crippen LogP contribution in [0.3, 0.4) is 0 Å². The van der Waals surface area contributed by atoms with Gasteiger partial charge in [0.1, 0.15) is 5.75 Å². The molecule has 1 unspecified atom stereocenters. The minimum absolute atomic E-state index is 0.0628. The van der Waals surface area contributed by atoms with Crippen molar-refractivity contribution < 1.29 is 9.53 Å². The van der Waals surface area contributed by atoms with Crippen LogP contribution in [-0.4, -0.2) is 18.3 Å². The number of para-hydroxylation sites is 1. The Morgan fingerprint density at radius 3 is 2.39 bits per heavy atom. The van der Waals surface area contributed by atoms with Crippen molar-refractivity contribution in [1.82, 2.24) is 5.32 Å². The van der Waals surface area contributed by atoms with Gasteiger partial charge in [0.05, 0.1) is 18.7 Å². The number of rotatable bonds is 6. The van der Waals surface area contributed by atoms with Crippen molar-refractivity contribution in [3.8, 4) is 5.75 Å². The monoisotopic (exact) mass is 329 g/mol. The zero-order valence-corrected chi connectivity index (χ0v) is 14.8. The molecule has 23 heavy (non-hydrogen) atoms. The molecule has 1 atom stereocenters. The highest BCUT2D eigenvalue weighted by Crippen LogP contribution is 2.28. The van der Waals surface area contributed by atoms with Crippen LogP contribution in [0.5, 0.6) is 5.75 Å². The van der Waals surface area contributed by atoms with Crippen LogP contribution in [0.15, 0.2) is 53.4 Å². The summed E-state index contributed by atoms with van der Waals surface area (Å²) in [7, 11) is 1.64. The van der Waals surface area contributed by atoms with E-state index in [0.717, 1.165) is 16.2 Å². The molecule has 0 aromatic heterocycles. The highest BCUT2D eigenvalue weighted by Gasteiger charge is 2.17. The number of benzene rings is 2. The molecule has 3 nitrogen and oxygen atoms in total. The minimum atomic E-state index is -0.129. The van der Waals surface area contributed by atoms with Gasteiger partial charge in [-0.15, -0.1) is 11.8 Å². The summed E-state index contributed by atoms with van der Waals surface area (Å²) in [6, 6.07) is 15.3. The molecule has 0 heterocycles. The van der Waals surface area contributed by atoms with Gasteiger partial charge in [0.15, 0.2) is 0 Å². The number of hydrogen-bond donors (Lipinski definition) is 1. The molecule has 2 aromatic rings. The molecular weight excluding hydrogens is 306 g/mol. The van der Waals surface area contributed by atoms with Crippen molar-refractivity contribution in [2.75, 3.05) is 7.11 Å². The lowest BCUT2D eigenvalue weighted by Gasteiger charge is -2.18. The first-order valence-corrected chi connectivity index (χ1v) is 8.60. The van der Waals surface area contributed by atoms with Crippen molar-refractivity contribution in [1.29, 1.82) is 0 Å². The molecule has 0 radical (unpaired) electrons. The summed E-state index contributed by atoms with van der Waals surface area (Å²) in [5, 5.41) is 3.50. The summed E-state index contributed by atoms with van der Waals surface area (Å²) >= 11 is 1.70. The van der Waals surface area contributed by atoms with Crippen LogP contribution in [0, 0.1) is 0 Å². The van der Waals surface area contributed by atoms with E-state index in [0.29, 0.717) is 10.8 Å². The Morgan fingerprint density at radius 2 is 1.70 bits per heavy atom. The second-order valence-electron chi connectivity index (χ2n) is 5.60. The second kappa shape index (κ2) is 8.06. The fourth-order valence-corrected chi connectivity index (χ4v) is 3.34. The van der Waals surface area contributed by atoms with Gasteiger partial charge in [-0.25, -0.2) is 0 Å². The molecule has 0 saturated heterocycles. The van der Waals surface area contributed by atoms with Crippen LogP contribution >= 0.6 is 11.8 Å². The van der Waals surface area contributed by atoms with Gasteiger partial charge < -0.3 is 10.1 Å². The van der Waals surface area contributed by atoms with Crippen molar-refractivity contribution in [2.45, 2.75) is 37.0 Å². The average molecular weight is 329 g/mol. The van der Waals surface area contributed by atoms with E-state index >= 15 is 0 Å². The minimum Gasteiger partial charge on any atom is -0.496 e. The molecule has 1 N–H and O–H groups in total. The van der Waals surface area contributed by atoms with Gasteiger partial charge >= 0.3 is 0 Å². The van der Waals surface area contributed by atoms with Crippen molar-refractivity contribution >= 4 is 17.7 Å². The summed E-state index contributed by atoms with van der Waals surface area (Å²) < 4.78 is 5.37. The Bertz CT molecular complexity index is 670. The molecule has 1 amide bonds. The molecule has 4 heteroatoms. The lowest BCUT2D eigenvalue weighted by molar-refractivity contribution is 0.0936. The van der Waals surface area contributed by atoms with Crippen LogP contribution < -0.4 is 10.1 Å². The number of methoxy groups -OCH3 is 1. The van der Waals surface area contributed by atoms with Crippen LogP contribution in [0.2, 0.25) is 0 Å². The van der Waals surface area contributed by atoms with E-state index in [1.807, 2.05) is 55.5 Å². The molecule has 0 saturated carbocycles. The fourth-order valence-electron chi connectivity index (χ4n) is 2.39. The second-order valence-corrected chi connectivity index (χ2v) is 7.22. The first kappa shape index (κ1) is 17.4. The molecule has 0 aliphatic rings. The molecule has 0 spiro atoms. The number of hydrogen-bond acceptors (Lipinski definition) is 3. The van der Waals surface area contributed by atoms with E-state index in [2.05, 4.69) is 19.2 Å². The standard InChI is InChI=1S/C19H23NO2S/c1-13(2)23-18-12-8-6-10-16(18)19(21)20-14(3)15-9-5-7-11-17(15)22-4/h5-14H,1-4H3,(H,20,21). The lowest BCUT2D eigenvalue weighted by atomic mass is 10.1. The number of thioether (sulfide) groups is 1. The lowest BCUT2D eigenvalue weighted by Crippen LogP contribution is -2.27. The largest absolute Gasteiger partial charge is 0.496 e. The Balaban J connectivity index is 2.19. The van der Waals surface area contributed by atoms with Crippen molar-refractivity contribution in [2.24, 2.45) is 0 Å². The Hall–Kier alpha value is -1.94. The molecule has 2 rings (SSSR count). The summed E-state index contributed by atoms with van der Waals surface area (Å²) in [4.78, 5) is 13.7. The van der Waals surface area contributed by atoms with Crippen LogP contribution in [0.1, 0.15) is 42.7 Å². The normalized spacial score (nSPS) is 12.0. The van der Waals surface area contributed by atoms with Crippen LogP contribution in [-0.2, 0) is 0 Å². The number of nitrogens with one attached hydrogen (secondary N) is 1. The van der Waals surface area contributed by atoms with Gasteiger partial charge in [-0.1, -0.05) is 44.2 Å². The maximum Gasteiger partial charge on any atom is 0.252 e. The first-order chi connectivity index (χ1) is 11.0. The van der Waals surface area contributed by atoms with E-state index in [9.17, 15) is 4.79 Å². The predicted molar refractivity (Wildman–Crippen MR) is 96.3 cm³/mol. The number of carbonyl (C=O) groups is 1. The third kappa shape index (κ3) is 4.52. The molecule has 0 aliphatic heterocycles. The summed E-state index contributed by atoms with van der Waals surface area (Å²) in [6.45, 7) is 6.21. The number of ether oxygens (including phenoxy) is 1. The van der Waals surface area contributed by atoms with Gasteiger partial charge in [-0.3, -0.25) is 4.79 Å². The van der Waals surface area contributed by atoms with E-state index in [-0.39, 0.29) is 11.9 Å². The van der Waals surface area contributed by atoms with Gasteiger partial charge in [0.2, 0.25) is 0 Å². The van der Waals surface area contributed by atoms with Gasteiger partial charge in [0, 0.05) is 15.7 Å². The number of amides is 1. The van der Waals surface area contributed by atoms with Crippen molar-refractivity contribution in [3.63, 3.8) is 0 Å². The Morgan fingerprint density at radius 1 is 1.04 bits per heavy atom. The quantitative estimate of drug-likeness (QED) is 0.782. The van der Waals surface area contributed by atoms with E-state index in [4.69, 9.17) is 4.74 Å². The SMILES string of the molecule is COc1ccccc1C(C)NC(=O)c1ccccc1SC(C)C. The predicted octanol–water partition coefficient (Wildman–Crippen LogP) is 4.69. The van der Waals surface area contributed by atoms with Gasteiger partial charge in [-0.2, -0.15) is 0 Å². The smallest absolute Gasteiger partial charge is 0.252 e. The zero-order valence-electron chi connectivity index (χ0n) is 14.0. The number of carbonyl (C=O) groups excluding carboxylic acids is 1. The maximum atomic E-state index is 12.7. The third-order valence-corrected chi connectivity index (χ3v) is 4.53. The highest BCUT2D eigenvalue weighted by atomic mass is 32.2. The molecule has 0 aliphatic carbocycles. The molecule has 122 valence electrons. The molecule has 0 bridgehead atoms. The fraction of sp³-hybridized carbons (Fsp3) is 0.316. The Kier molecular flexibility index (Phi) is 6.11.